The highest BCUT2D eigenvalue weighted by molar-refractivity contribution is 9.10. The van der Waals surface area contributed by atoms with E-state index in [0.717, 1.165) is 11.6 Å². The van der Waals surface area contributed by atoms with Crippen molar-refractivity contribution in [2.45, 2.75) is 39.8 Å². The predicted octanol–water partition coefficient (Wildman–Crippen LogP) is 4.67. The number of rotatable bonds is 2. The van der Waals surface area contributed by atoms with Crippen molar-refractivity contribution in [3.05, 3.63) is 33.5 Å². The van der Waals surface area contributed by atoms with E-state index in [1.807, 2.05) is 27.7 Å². The Kier molecular flexibility index (Phi) is 3.71. The third-order valence-electron chi connectivity index (χ3n) is 2.93. The molecule has 0 amide bonds. The van der Waals surface area contributed by atoms with Gasteiger partial charge in [-0.2, -0.15) is 4.39 Å². The van der Waals surface area contributed by atoms with Gasteiger partial charge in [0, 0.05) is 21.0 Å². The second-order valence-electron chi connectivity index (χ2n) is 5.61. The molecule has 0 aliphatic heterocycles. The minimum Gasteiger partial charge on any atom is -0.456 e. The number of furan rings is 1. The molecule has 1 aromatic carbocycles. The van der Waals surface area contributed by atoms with E-state index >= 15 is 0 Å². The highest BCUT2D eigenvalue weighted by Gasteiger charge is 2.20. The van der Waals surface area contributed by atoms with Gasteiger partial charge in [0.2, 0.25) is 5.82 Å². The first-order valence-electron chi connectivity index (χ1n) is 6.01. The molecule has 0 saturated heterocycles. The summed E-state index contributed by atoms with van der Waals surface area (Å²) in [4.78, 5) is 0. The lowest BCUT2D eigenvalue weighted by Gasteiger charge is -2.19. The first-order chi connectivity index (χ1) is 8.70. The fourth-order valence-corrected chi connectivity index (χ4v) is 2.55. The van der Waals surface area contributed by atoms with E-state index in [1.54, 1.807) is 0 Å². The molecule has 1 N–H and O–H groups in total. The van der Waals surface area contributed by atoms with Gasteiger partial charge in [0.25, 0.3) is 0 Å². The van der Waals surface area contributed by atoms with Crippen molar-refractivity contribution in [3.63, 3.8) is 0 Å². The maximum absolute atomic E-state index is 13.7. The van der Waals surface area contributed by atoms with Crippen LogP contribution in [0.3, 0.4) is 0 Å². The fourth-order valence-electron chi connectivity index (χ4n) is 1.87. The smallest absolute Gasteiger partial charge is 0.201 e. The van der Waals surface area contributed by atoms with Gasteiger partial charge in [0.15, 0.2) is 11.4 Å². The van der Waals surface area contributed by atoms with E-state index in [9.17, 15) is 8.78 Å². The molecule has 0 aliphatic rings. The second kappa shape index (κ2) is 4.87. The van der Waals surface area contributed by atoms with Crippen LogP contribution >= 0.6 is 15.9 Å². The Bertz CT molecular complexity index is 629. The summed E-state index contributed by atoms with van der Waals surface area (Å²) in [5.74, 6) is -1.23. The van der Waals surface area contributed by atoms with Crippen molar-refractivity contribution in [2.75, 3.05) is 0 Å². The van der Waals surface area contributed by atoms with Crippen LogP contribution in [0, 0.1) is 18.6 Å². The van der Waals surface area contributed by atoms with Gasteiger partial charge in [0.1, 0.15) is 5.76 Å². The molecule has 0 aliphatic carbocycles. The normalized spacial score (nSPS) is 12.4. The number of hydrogen-bond donors (Lipinski definition) is 1. The quantitative estimate of drug-likeness (QED) is 0.809. The van der Waals surface area contributed by atoms with Crippen molar-refractivity contribution in [3.8, 4) is 0 Å². The number of aryl methyl sites for hydroxylation is 1. The van der Waals surface area contributed by atoms with Crippen LogP contribution in [0.4, 0.5) is 8.78 Å². The molecule has 1 heterocycles. The van der Waals surface area contributed by atoms with E-state index < -0.39 is 11.6 Å². The van der Waals surface area contributed by atoms with E-state index in [-0.39, 0.29) is 11.1 Å². The Balaban J connectivity index is 2.51. The molecular formula is C14H16BrF2NO. The Morgan fingerprint density at radius 2 is 1.95 bits per heavy atom. The van der Waals surface area contributed by atoms with Crippen LogP contribution in [-0.4, -0.2) is 5.54 Å². The second-order valence-corrected chi connectivity index (χ2v) is 6.47. The van der Waals surface area contributed by atoms with Crippen LogP contribution in [0.2, 0.25) is 0 Å². The van der Waals surface area contributed by atoms with Crippen LogP contribution in [0.1, 0.15) is 32.1 Å². The predicted molar refractivity (Wildman–Crippen MR) is 75.2 cm³/mol. The highest BCUT2D eigenvalue weighted by Crippen LogP contribution is 2.34. The highest BCUT2D eigenvalue weighted by atomic mass is 79.9. The molecule has 0 bridgehead atoms. The summed E-state index contributed by atoms with van der Waals surface area (Å²) in [5, 5.41) is 3.86. The van der Waals surface area contributed by atoms with E-state index in [1.165, 1.54) is 0 Å². The molecule has 1 aromatic heterocycles. The third kappa shape index (κ3) is 2.82. The Morgan fingerprint density at radius 1 is 1.32 bits per heavy atom. The molecule has 2 rings (SSSR count). The van der Waals surface area contributed by atoms with Crippen LogP contribution in [0.5, 0.6) is 0 Å². The van der Waals surface area contributed by atoms with Crippen molar-refractivity contribution in [1.29, 1.82) is 0 Å². The van der Waals surface area contributed by atoms with Gasteiger partial charge < -0.3 is 9.73 Å². The minimum absolute atomic E-state index is 0.0323. The van der Waals surface area contributed by atoms with Gasteiger partial charge in [-0.05, 0) is 49.7 Å². The third-order valence-corrected chi connectivity index (χ3v) is 3.55. The monoisotopic (exact) mass is 331 g/mol. The maximum Gasteiger partial charge on any atom is 0.201 e. The zero-order valence-corrected chi connectivity index (χ0v) is 12.9. The summed E-state index contributed by atoms with van der Waals surface area (Å²) in [6.07, 6.45) is 0. The average Bonchev–Trinajstić information content (AvgIpc) is 2.61. The molecule has 0 saturated carbocycles. The zero-order valence-electron chi connectivity index (χ0n) is 11.3. The van der Waals surface area contributed by atoms with Crippen molar-refractivity contribution >= 4 is 26.9 Å². The number of benzene rings is 1. The maximum atomic E-state index is 13.7. The van der Waals surface area contributed by atoms with Crippen LogP contribution < -0.4 is 5.32 Å². The fraction of sp³-hybridized carbons (Fsp3) is 0.429. The summed E-state index contributed by atoms with van der Waals surface area (Å²) in [6, 6.07) is 1.13. The summed E-state index contributed by atoms with van der Waals surface area (Å²) in [6.45, 7) is 8.40. The average molecular weight is 332 g/mol. The minimum atomic E-state index is -0.941. The molecule has 0 fully saturated rings. The largest absolute Gasteiger partial charge is 0.456 e. The molecule has 0 spiro atoms. The van der Waals surface area contributed by atoms with Gasteiger partial charge in [-0.3, -0.25) is 0 Å². The lowest BCUT2D eigenvalue weighted by Crippen LogP contribution is -2.35. The molecule has 0 radical (unpaired) electrons. The number of halogens is 3. The molecule has 2 aromatic rings. The van der Waals surface area contributed by atoms with Crippen LogP contribution in [0.15, 0.2) is 15.0 Å². The SMILES string of the molecule is Cc1c(CNC(C)(C)C)oc2c(F)c(F)cc(Br)c12. The lowest BCUT2D eigenvalue weighted by molar-refractivity contribution is 0.390. The summed E-state index contributed by atoms with van der Waals surface area (Å²) < 4.78 is 33.1. The lowest BCUT2D eigenvalue weighted by atomic mass is 10.1. The van der Waals surface area contributed by atoms with Crippen molar-refractivity contribution in [2.24, 2.45) is 0 Å². The molecule has 5 heteroatoms. The van der Waals surface area contributed by atoms with Crippen molar-refractivity contribution < 1.29 is 13.2 Å². The summed E-state index contributed by atoms with van der Waals surface area (Å²) >= 11 is 3.25. The molecular weight excluding hydrogens is 316 g/mol. The Hall–Kier alpha value is -0.940. The molecule has 0 atom stereocenters. The topological polar surface area (TPSA) is 25.2 Å². The van der Waals surface area contributed by atoms with Gasteiger partial charge in [0.05, 0.1) is 6.54 Å². The van der Waals surface area contributed by atoms with E-state index in [2.05, 4.69) is 21.2 Å². The van der Waals surface area contributed by atoms with E-state index in [0.29, 0.717) is 22.2 Å². The van der Waals surface area contributed by atoms with Crippen molar-refractivity contribution in [1.82, 2.24) is 5.32 Å². The molecule has 19 heavy (non-hydrogen) atoms. The standard InChI is InChI=1S/C14H16BrF2NO/c1-7-10(6-18-14(2,3)4)19-13-11(7)8(15)5-9(16)12(13)17/h5,18H,6H2,1-4H3. The molecule has 2 nitrogen and oxygen atoms in total. The summed E-state index contributed by atoms with van der Waals surface area (Å²) in [7, 11) is 0. The zero-order chi connectivity index (χ0) is 14.4. The number of hydrogen-bond acceptors (Lipinski definition) is 2. The number of nitrogens with one attached hydrogen (secondary N) is 1. The van der Waals surface area contributed by atoms with Gasteiger partial charge >= 0.3 is 0 Å². The first kappa shape index (κ1) is 14.5. The van der Waals surface area contributed by atoms with E-state index in [4.69, 9.17) is 4.42 Å². The van der Waals surface area contributed by atoms with Gasteiger partial charge in [-0.15, -0.1) is 0 Å². The van der Waals surface area contributed by atoms with Crippen LogP contribution in [-0.2, 0) is 6.54 Å². The number of fused-ring (bicyclic) bond motifs is 1. The molecule has 0 unspecified atom stereocenters. The summed E-state index contributed by atoms with van der Waals surface area (Å²) in [5.41, 5.74) is 0.708. The van der Waals surface area contributed by atoms with Crippen LogP contribution in [0.25, 0.3) is 11.0 Å². The Labute approximate surface area is 119 Å². The first-order valence-corrected chi connectivity index (χ1v) is 6.80. The van der Waals surface area contributed by atoms with Gasteiger partial charge in [-0.25, -0.2) is 4.39 Å². The molecule has 104 valence electrons. The Morgan fingerprint density at radius 3 is 2.53 bits per heavy atom. The van der Waals surface area contributed by atoms with Gasteiger partial charge in [-0.1, -0.05) is 0 Å².